The van der Waals surface area contributed by atoms with Gasteiger partial charge < -0.3 is 9.47 Å². The van der Waals surface area contributed by atoms with Crippen LogP contribution in [0.5, 0.6) is 0 Å². The fourth-order valence-electron chi connectivity index (χ4n) is 3.92. The zero-order valence-electron chi connectivity index (χ0n) is 14.3. The van der Waals surface area contributed by atoms with E-state index in [0.29, 0.717) is 11.8 Å². The fraction of sp³-hybridized carbons (Fsp3) is 0.611. The standard InChI is InChI=1S/C18H25N5O/c1-2-21-13-9-19-16(21)15-4-11-22(12-5-15)17(24)18(6-7-18)14-23-10-3-8-20-23/h3,8-10,13,15H,2,4-7,11-12,14H2,1H3. The van der Waals surface area contributed by atoms with E-state index in [-0.39, 0.29) is 5.41 Å². The zero-order valence-corrected chi connectivity index (χ0v) is 14.3. The van der Waals surface area contributed by atoms with Crippen LogP contribution < -0.4 is 0 Å². The number of rotatable bonds is 5. The quantitative estimate of drug-likeness (QED) is 0.846. The Balaban J connectivity index is 1.38. The Labute approximate surface area is 142 Å². The normalized spacial score (nSPS) is 20.3. The van der Waals surface area contributed by atoms with Crippen LogP contribution in [-0.2, 0) is 17.9 Å². The number of carbonyl (C=O) groups is 1. The average Bonchev–Trinajstić information content (AvgIpc) is 3.02. The summed E-state index contributed by atoms with van der Waals surface area (Å²) in [6, 6.07) is 1.92. The van der Waals surface area contributed by atoms with E-state index in [4.69, 9.17) is 0 Å². The van der Waals surface area contributed by atoms with Crippen LogP contribution in [0.3, 0.4) is 0 Å². The average molecular weight is 327 g/mol. The third-order valence-corrected chi connectivity index (χ3v) is 5.57. The Bertz CT molecular complexity index is 693. The third kappa shape index (κ3) is 2.74. The number of carbonyl (C=O) groups excluding carboxylic acids is 1. The van der Waals surface area contributed by atoms with Gasteiger partial charge in [-0.3, -0.25) is 9.48 Å². The number of piperidine rings is 1. The van der Waals surface area contributed by atoms with Crippen LogP contribution in [0.1, 0.15) is 44.3 Å². The molecule has 0 bridgehead atoms. The molecule has 0 spiro atoms. The Morgan fingerprint density at radius 2 is 2.04 bits per heavy atom. The summed E-state index contributed by atoms with van der Waals surface area (Å²) >= 11 is 0. The molecule has 6 heteroatoms. The lowest BCUT2D eigenvalue weighted by Crippen LogP contribution is -2.43. The molecule has 4 rings (SSSR count). The van der Waals surface area contributed by atoms with Gasteiger partial charge in [-0.15, -0.1) is 0 Å². The van der Waals surface area contributed by atoms with Gasteiger partial charge in [0.2, 0.25) is 5.91 Å². The predicted molar refractivity (Wildman–Crippen MR) is 90.4 cm³/mol. The molecular formula is C18H25N5O. The second kappa shape index (κ2) is 6.07. The van der Waals surface area contributed by atoms with Crippen LogP contribution in [0.4, 0.5) is 0 Å². The van der Waals surface area contributed by atoms with E-state index in [1.807, 2.05) is 23.1 Å². The van der Waals surface area contributed by atoms with Crippen molar-refractivity contribution in [2.75, 3.05) is 13.1 Å². The van der Waals surface area contributed by atoms with E-state index in [1.165, 1.54) is 5.82 Å². The molecular weight excluding hydrogens is 302 g/mol. The van der Waals surface area contributed by atoms with Crippen LogP contribution in [0.25, 0.3) is 0 Å². The summed E-state index contributed by atoms with van der Waals surface area (Å²) in [6.45, 7) is 5.53. The number of aryl methyl sites for hydroxylation is 1. The molecule has 2 aromatic heterocycles. The van der Waals surface area contributed by atoms with Crippen molar-refractivity contribution in [2.24, 2.45) is 5.41 Å². The van der Waals surface area contributed by atoms with Gasteiger partial charge in [-0.25, -0.2) is 4.98 Å². The Hall–Kier alpha value is -2.11. The van der Waals surface area contributed by atoms with Gasteiger partial charge in [0.1, 0.15) is 5.82 Å². The molecule has 0 N–H and O–H groups in total. The number of nitrogens with zero attached hydrogens (tertiary/aromatic N) is 5. The molecule has 2 aliphatic rings. The highest BCUT2D eigenvalue weighted by Gasteiger charge is 2.52. The maximum absolute atomic E-state index is 13.0. The van der Waals surface area contributed by atoms with Crippen molar-refractivity contribution in [2.45, 2.75) is 51.6 Å². The van der Waals surface area contributed by atoms with Crippen molar-refractivity contribution >= 4 is 5.91 Å². The highest BCUT2D eigenvalue weighted by molar-refractivity contribution is 5.85. The maximum atomic E-state index is 13.0. The van der Waals surface area contributed by atoms with Crippen molar-refractivity contribution in [3.05, 3.63) is 36.7 Å². The first-order valence-corrected chi connectivity index (χ1v) is 9.00. The van der Waals surface area contributed by atoms with Gasteiger partial charge in [0.15, 0.2) is 0 Å². The van der Waals surface area contributed by atoms with Crippen molar-refractivity contribution < 1.29 is 4.79 Å². The van der Waals surface area contributed by atoms with E-state index in [2.05, 4.69) is 32.7 Å². The Morgan fingerprint density at radius 3 is 2.67 bits per heavy atom. The molecule has 3 heterocycles. The fourth-order valence-corrected chi connectivity index (χ4v) is 3.92. The second-order valence-electron chi connectivity index (χ2n) is 7.12. The topological polar surface area (TPSA) is 56.0 Å². The van der Waals surface area contributed by atoms with Gasteiger partial charge >= 0.3 is 0 Å². The molecule has 128 valence electrons. The molecule has 2 fully saturated rings. The minimum Gasteiger partial charge on any atom is -0.342 e. The van der Waals surface area contributed by atoms with Gasteiger partial charge in [-0.1, -0.05) is 0 Å². The molecule has 1 saturated carbocycles. The molecule has 1 aliphatic heterocycles. The maximum Gasteiger partial charge on any atom is 0.230 e. The van der Waals surface area contributed by atoms with E-state index in [1.54, 1.807) is 6.20 Å². The molecule has 1 aliphatic carbocycles. The van der Waals surface area contributed by atoms with Crippen LogP contribution in [0, 0.1) is 5.41 Å². The van der Waals surface area contributed by atoms with Gasteiger partial charge in [-0.2, -0.15) is 5.10 Å². The molecule has 1 saturated heterocycles. The number of hydrogen-bond acceptors (Lipinski definition) is 3. The monoisotopic (exact) mass is 327 g/mol. The molecule has 0 aromatic carbocycles. The van der Waals surface area contributed by atoms with Crippen molar-refractivity contribution in [1.29, 1.82) is 0 Å². The van der Waals surface area contributed by atoms with E-state index in [0.717, 1.165) is 51.9 Å². The molecule has 24 heavy (non-hydrogen) atoms. The number of likely N-dealkylation sites (tertiary alicyclic amines) is 1. The first-order chi connectivity index (χ1) is 11.7. The summed E-state index contributed by atoms with van der Waals surface area (Å²) in [4.78, 5) is 19.6. The lowest BCUT2D eigenvalue weighted by atomic mass is 9.94. The number of imidazole rings is 1. The summed E-state index contributed by atoms with van der Waals surface area (Å²) in [7, 11) is 0. The van der Waals surface area contributed by atoms with Crippen LogP contribution in [0.15, 0.2) is 30.9 Å². The highest BCUT2D eigenvalue weighted by Crippen LogP contribution is 2.49. The summed E-state index contributed by atoms with van der Waals surface area (Å²) in [5.74, 6) is 1.99. The molecule has 2 aromatic rings. The number of hydrogen-bond donors (Lipinski definition) is 0. The predicted octanol–water partition coefficient (Wildman–Crippen LogP) is 2.29. The summed E-state index contributed by atoms with van der Waals surface area (Å²) in [5, 5.41) is 4.27. The Morgan fingerprint density at radius 1 is 1.25 bits per heavy atom. The van der Waals surface area contributed by atoms with E-state index >= 15 is 0 Å². The molecule has 0 atom stereocenters. The third-order valence-electron chi connectivity index (χ3n) is 5.57. The lowest BCUT2D eigenvalue weighted by molar-refractivity contribution is -0.138. The van der Waals surface area contributed by atoms with Crippen LogP contribution in [0.2, 0.25) is 0 Å². The summed E-state index contributed by atoms with van der Waals surface area (Å²) < 4.78 is 4.12. The number of aromatic nitrogens is 4. The number of amides is 1. The largest absolute Gasteiger partial charge is 0.342 e. The minimum absolute atomic E-state index is 0.194. The smallest absolute Gasteiger partial charge is 0.230 e. The Kier molecular flexibility index (Phi) is 3.90. The first-order valence-electron chi connectivity index (χ1n) is 9.00. The first kappa shape index (κ1) is 15.4. The molecule has 1 amide bonds. The van der Waals surface area contributed by atoms with E-state index in [9.17, 15) is 4.79 Å². The molecule has 0 unspecified atom stereocenters. The summed E-state index contributed by atoms with van der Waals surface area (Å²) in [6.07, 6.45) is 11.7. The van der Waals surface area contributed by atoms with Gasteiger partial charge in [0.05, 0.1) is 12.0 Å². The molecule has 0 radical (unpaired) electrons. The van der Waals surface area contributed by atoms with Crippen molar-refractivity contribution in [1.82, 2.24) is 24.2 Å². The van der Waals surface area contributed by atoms with Crippen molar-refractivity contribution in [3.63, 3.8) is 0 Å². The van der Waals surface area contributed by atoms with Gasteiger partial charge in [-0.05, 0) is 38.7 Å². The van der Waals surface area contributed by atoms with E-state index < -0.39 is 0 Å². The second-order valence-corrected chi connectivity index (χ2v) is 7.12. The van der Waals surface area contributed by atoms with Crippen molar-refractivity contribution in [3.8, 4) is 0 Å². The zero-order chi connectivity index (χ0) is 16.6. The summed E-state index contributed by atoms with van der Waals surface area (Å²) in [5.41, 5.74) is -0.194. The van der Waals surface area contributed by atoms with Crippen LogP contribution >= 0.6 is 0 Å². The van der Waals surface area contributed by atoms with Crippen LogP contribution in [-0.4, -0.2) is 43.2 Å². The lowest BCUT2D eigenvalue weighted by Gasteiger charge is -2.34. The highest BCUT2D eigenvalue weighted by atomic mass is 16.2. The van der Waals surface area contributed by atoms with Gasteiger partial charge in [0.25, 0.3) is 0 Å². The molecule has 6 nitrogen and oxygen atoms in total. The minimum atomic E-state index is -0.194. The van der Waals surface area contributed by atoms with Gasteiger partial charge in [0, 0.05) is 50.3 Å². The SMILES string of the molecule is CCn1ccnc1C1CCN(C(=O)C2(Cn3cccn3)CC2)CC1.